The van der Waals surface area contributed by atoms with Gasteiger partial charge in [0.25, 0.3) is 0 Å². The van der Waals surface area contributed by atoms with Gasteiger partial charge >= 0.3 is 0 Å². The molecule has 1 aliphatic carbocycles. The highest BCUT2D eigenvalue weighted by Crippen LogP contribution is 2.29. The molecule has 0 N–H and O–H groups in total. The van der Waals surface area contributed by atoms with Crippen LogP contribution in [-0.4, -0.2) is 49.7 Å². The number of rotatable bonds is 4. The summed E-state index contributed by atoms with van der Waals surface area (Å²) >= 11 is 0. The number of fused-ring (bicyclic) bond motifs is 1. The Hall–Kier alpha value is -2.77. The summed E-state index contributed by atoms with van der Waals surface area (Å²) in [5.41, 5.74) is 2.86. The number of hydrogen-bond acceptors (Lipinski definition) is 3. The Bertz CT molecular complexity index is 1100. The van der Waals surface area contributed by atoms with Crippen LogP contribution >= 0.6 is 0 Å². The van der Waals surface area contributed by atoms with Crippen molar-refractivity contribution >= 4 is 28.1 Å². The van der Waals surface area contributed by atoms with Gasteiger partial charge in [0, 0.05) is 32.3 Å². The zero-order valence-corrected chi connectivity index (χ0v) is 17.3. The van der Waals surface area contributed by atoms with Gasteiger partial charge in [-0.15, -0.1) is 0 Å². The van der Waals surface area contributed by atoms with E-state index in [9.17, 15) is 17.6 Å². The van der Waals surface area contributed by atoms with Crippen molar-refractivity contribution in [1.82, 2.24) is 9.21 Å². The van der Waals surface area contributed by atoms with Gasteiger partial charge in [0.2, 0.25) is 15.9 Å². The van der Waals surface area contributed by atoms with Crippen LogP contribution < -0.4 is 0 Å². The van der Waals surface area contributed by atoms with Crippen LogP contribution in [-0.2, 0) is 21.2 Å². The molecule has 1 saturated heterocycles. The van der Waals surface area contributed by atoms with Gasteiger partial charge in [0.15, 0.2) is 0 Å². The summed E-state index contributed by atoms with van der Waals surface area (Å²) in [6.45, 7) is 1.24. The lowest BCUT2D eigenvalue weighted by Gasteiger charge is -2.34. The molecular weight excluding hydrogens is 403 g/mol. The van der Waals surface area contributed by atoms with Crippen molar-refractivity contribution in [3.8, 4) is 0 Å². The molecule has 4 rings (SSSR count). The molecule has 2 aromatic rings. The maximum absolute atomic E-state index is 13.1. The van der Waals surface area contributed by atoms with Crippen LogP contribution in [0, 0.1) is 5.82 Å². The quantitative estimate of drug-likeness (QED) is 0.705. The van der Waals surface area contributed by atoms with E-state index in [1.807, 2.05) is 24.3 Å². The first-order valence-corrected chi connectivity index (χ1v) is 11.4. The second kappa shape index (κ2) is 8.53. The molecule has 0 aromatic heterocycles. The van der Waals surface area contributed by atoms with E-state index < -0.39 is 10.0 Å². The Morgan fingerprint density at radius 1 is 0.933 bits per heavy atom. The summed E-state index contributed by atoms with van der Waals surface area (Å²) in [7, 11) is -3.53. The van der Waals surface area contributed by atoms with Crippen LogP contribution in [0.3, 0.4) is 0 Å². The normalized spacial score (nSPS) is 17.6. The number of nitrogens with zero attached hydrogens (tertiary/aromatic N) is 2. The van der Waals surface area contributed by atoms with Crippen LogP contribution in [0.4, 0.5) is 4.39 Å². The standard InChI is InChI=1S/C23H23FN2O3S/c24-21-9-5-18(6-10-21)7-12-23(27)25-13-15-26(16-14-25)30(28,29)22-11-8-19-3-1-2-4-20(19)17-22/h1-7,9-10,12,17H,8,11,13-16H2/b12-7+. The SMILES string of the molecule is O=C(/C=C/c1ccc(F)cc1)N1CCN(S(=O)(=O)C2=Cc3ccccc3CC2)CC1. The summed E-state index contributed by atoms with van der Waals surface area (Å²) in [6, 6.07) is 13.7. The van der Waals surface area contributed by atoms with E-state index in [1.54, 1.807) is 29.2 Å². The number of allylic oxidation sites excluding steroid dienone is 1. The largest absolute Gasteiger partial charge is 0.337 e. The van der Waals surface area contributed by atoms with Crippen LogP contribution in [0.1, 0.15) is 23.1 Å². The maximum Gasteiger partial charge on any atom is 0.246 e. The van der Waals surface area contributed by atoms with Gasteiger partial charge in [-0.05, 0) is 53.8 Å². The Morgan fingerprint density at radius 3 is 2.37 bits per heavy atom. The number of piperazine rings is 1. The van der Waals surface area contributed by atoms with Crippen LogP contribution in [0.2, 0.25) is 0 Å². The fourth-order valence-corrected chi connectivity index (χ4v) is 5.38. The van der Waals surface area contributed by atoms with E-state index in [1.165, 1.54) is 28.1 Å². The molecule has 1 fully saturated rings. The van der Waals surface area contributed by atoms with Crippen LogP contribution in [0.15, 0.2) is 59.5 Å². The van der Waals surface area contributed by atoms with Gasteiger partial charge in [-0.2, -0.15) is 4.31 Å². The van der Waals surface area contributed by atoms with Gasteiger partial charge in [0.05, 0.1) is 4.91 Å². The Morgan fingerprint density at radius 2 is 1.63 bits per heavy atom. The third-order valence-electron chi connectivity index (χ3n) is 5.52. The second-order valence-corrected chi connectivity index (χ2v) is 9.41. The number of aryl methyl sites for hydroxylation is 1. The molecule has 2 aromatic carbocycles. The number of amides is 1. The maximum atomic E-state index is 13.1. The summed E-state index contributed by atoms with van der Waals surface area (Å²) in [6.07, 6.45) is 6.07. The smallest absolute Gasteiger partial charge is 0.246 e. The first kappa shape index (κ1) is 20.5. The molecule has 0 radical (unpaired) electrons. The molecular formula is C23H23FN2O3S. The first-order chi connectivity index (χ1) is 14.4. The monoisotopic (exact) mass is 426 g/mol. The topological polar surface area (TPSA) is 57.7 Å². The fraction of sp³-hybridized carbons (Fsp3) is 0.261. The zero-order chi connectivity index (χ0) is 21.1. The number of hydrogen-bond donors (Lipinski definition) is 0. The van der Waals surface area contributed by atoms with Gasteiger partial charge < -0.3 is 4.90 Å². The predicted octanol–water partition coefficient (Wildman–Crippen LogP) is 3.30. The first-order valence-electron chi connectivity index (χ1n) is 9.95. The van der Waals surface area contributed by atoms with Crippen LogP contribution in [0.25, 0.3) is 12.2 Å². The van der Waals surface area contributed by atoms with E-state index in [-0.39, 0.29) is 24.8 Å². The molecule has 0 bridgehead atoms. The number of sulfonamides is 1. The number of carbonyl (C=O) groups excluding carboxylic acids is 1. The lowest BCUT2D eigenvalue weighted by atomic mass is 9.98. The van der Waals surface area contributed by atoms with E-state index in [0.717, 1.165) is 11.1 Å². The summed E-state index contributed by atoms with van der Waals surface area (Å²) in [4.78, 5) is 14.5. The summed E-state index contributed by atoms with van der Waals surface area (Å²) < 4.78 is 40.6. The molecule has 0 atom stereocenters. The van der Waals surface area contributed by atoms with E-state index in [0.29, 0.717) is 30.8 Å². The van der Waals surface area contributed by atoms with Crippen molar-refractivity contribution in [2.45, 2.75) is 12.8 Å². The van der Waals surface area contributed by atoms with Crippen LogP contribution in [0.5, 0.6) is 0 Å². The van der Waals surface area contributed by atoms with Crippen molar-refractivity contribution in [2.75, 3.05) is 26.2 Å². The van der Waals surface area contributed by atoms with E-state index in [4.69, 9.17) is 0 Å². The van der Waals surface area contributed by atoms with Gasteiger partial charge in [-0.25, -0.2) is 12.8 Å². The molecule has 2 aliphatic rings. The third-order valence-corrected chi connectivity index (χ3v) is 7.55. The highest BCUT2D eigenvalue weighted by Gasteiger charge is 2.32. The lowest BCUT2D eigenvalue weighted by Crippen LogP contribution is -2.50. The molecule has 0 saturated carbocycles. The zero-order valence-electron chi connectivity index (χ0n) is 16.5. The Labute approximate surface area is 176 Å². The highest BCUT2D eigenvalue weighted by atomic mass is 32.2. The molecule has 1 heterocycles. The minimum Gasteiger partial charge on any atom is -0.337 e. The molecule has 7 heteroatoms. The average molecular weight is 427 g/mol. The number of benzene rings is 2. The molecule has 5 nitrogen and oxygen atoms in total. The Kier molecular flexibility index (Phi) is 5.83. The average Bonchev–Trinajstić information content (AvgIpc) is 2.78. The number of halogens is 1. The van der Waals surface area contributed by atoms with Gasteiger partial charge in [-0.3, -0.25) is 4.79 Å². The minimum absolute atomic E-state index is 0.179. The minimum atomic E-state index is -3.53. The second-order valence-electron chi connectivity index (χ2n) is 7.42. The van der Waals surface area contributed by atoms with E-state index in [2.05, 4.69) is 0 Å². The molecule has 30 heavy (non-hydrogen) atoms. The van der Waals surface area contributed by atoms with Crippen molar-refractivity contribution in [2.24, 2.45) is 0 Å². The summed E-state index contributed by atoms with van der Waals surface area (Å²) in [5.74, 6) is -0.505. The van der Waals surface area contributed by atoms with Gasteiger partial charge in [-0.1, -0.05) is 36.4 Å². The lowest BCUT2D eigenvalue weighted by molar-refractivity contribution is -0.127. The van der Waals surface area contributed by atoms with Crippen molar-refractivity contribution < 1.29 is 17.6 Å². The molecule has 0 spiro atoms. The number of carbonyl (C=O) groups is 1. The fourth-order valence-electron chi connectivity index (χ4n) is 3.77. The van der Waals surface area contributed by atoms with Crippen molar-refractivity contribution in [1.29, 1.82) is 0 Å². The van der Waals surface area contributed by atoms with Crippen molar-refractivity contribution in [3.05, 3.63) is 82.0 Å². The predicted molar refractivity (Wildman–Crippen MR) is 115 cm³/mol. The third kappa shape index (κ3) is 4.37. The molecule has 1 amide bonds. The van der Waals surface area contributed by atoms with E-state index >= 15 is 0 Å². The van der Waals surface area contributed by atoms with Crippen molar-refractivity contribution in [3.63, 3.8) is 0 Å². The van der Waals surface area contributed by atoms with Gasteiger partial charge in [0.1, 0.15) is 5.82 Å². The summed E-state index contributed by atoms with van der Waals surface area (Å²) in [5, 5.41) is 0. The molecule has 0 unspecified atom stereocenters. The molecule has 156 valence electrons. The molecule has 1 aliphatic heterocycles. The highest BCUT2D eigenvalue weighted by molar-refractivity contribution is 7.93. The Balaban J connectivity index is 1.38.